The molecule has 1 atom stereocenters. The van der Waals surface area contributed by atoms with E-state index in [9.17, 15) is 0 Å². The van der Waals surface area contributed by atoms with Crippen LogP contribution in [0.4, 0.5) is 11.4 Å². The highest BCUT2D eigenvalue weighted by Crippen LogP contribution is 2.18. The molecule has 0 bridgehead atoms. The largest absolute Gasteiger partial charge is 0.379 e. The summed E-state index contributed by atoms with van der Waals surface area (Å²) in [7, 11) is 0. The second-order valence-corrected chi connectivity index (χ2v) is 3.89. The maximum absolute atomic E-state index is 3.76. The van der Waals surface area contributed by atoms with Gasteiger partial charge < -0.3 is 10.2 Å². The lowest BCUT2D eigenvalue weighted by molar-refractivity contribution is 0.866. The number of anilines is 2. The monoisotopic (exact) mass is 218 g/mol. The zero-order valence-corrected chi connectivity index (χ0v) is 10.5. The highest BCUT2D eigenvalue weighted by atomic mass is 15.1. The van der Waals surface area contributed by atoms with Gasteiger partial charge in [0.1, 0.15) is 0 Å². The molecule has 0 radical (unpaired) electrons. The smallest absolute Gasteiger partial charge is 0.0413 e. The van der Waals surface area contributed by atoms with Crippen molar-refractivity contribution in [2.75, 3.05) is 23.3 Å². The first-order valence-electron chi connectivity index (χ1n) is 5.95. The molecule has 1 aromatic rings. The van der Waals surface area contributed by atoms with Crippen LogP contribution in [0.2, 0.25) is 0 Å². The zero-order chi connectivity index (χ0) is 12.0. The first kappa shape index (κ1) is 12.6. The fraction of sp³-hybridized carbons (Fsp3) is 0.429. The Morgan fingerprint density at radius 3 is 2.25 bits per heavy atom. The summed E-state index contributed by atoms with van der Waals surface area (Å²) in [5.74, 6) is 0. The molecule has 0 fully saturated rings. The summed E-state index contributed by atoms with van der Waals surface area (Å²) in [5.41, 5.74) is 2.42. The lowest BCUT2D eigenvalue weighted by atomic mass is 10.2. The van der Waals surface area contributed by atoms with Crippen molar-refractivity contribution < 1.29 is 0 Å². The molecule has 2 nitrogen and oxygen atoms in total. The summed E-state index contributed by atoms with van der Waals surface area (Å²) >= 11 is 0. The van der Waals surface area contributed by atoms with Gasteiger partial charge in [-0.3, -0.25) is 0 Å². The Kier molecular flexibility index (Phi) is 4.90. The number of benzene rings is 1. The van der Waals surface area contributed by atoms with Gasteiger partial charge in [-0.1, -0.05) is 6.08 Å². The van der Waals surface area contributed by atoms with Crippen molar-refractivity contribution in [3.8, 4) is 0 Å². The highest BCUT2D eigenvalue weighted by Gasteiger charge is 2.01. The van der Waals surface area contributed by atoms with E-state index >= 15 is 0 Å². The molecule has 0 spiro atoms. The lowest BCUT2D eigenvalue weighted by Gasteiger charge is -2.21. The van der Waals surface area contributed by atoms with Gasteiger partial charge in [-0.15, -0.1) is 6.58 Å². The fourth-order valence-electron chi connectivity index (χ4n) is 1.68. The number of hydrogen-bond donors (Lipinski definition) is 1. The summed E-state index contributed by atoms with van der Waals surface area (Å²) < 4.78 is 0. The molecule has 0 saturated heterocycles. The Labute approximate surface area is 99.0 Å². The summed E-state index contributed by atoms with van der Waals surface area (Å²) in [6.07, 6.45) is 1.90. The van der Waals surface area contributed by atoms with Crippen LogP contribution in [-0.4, -0.2) is 19.1 Å². The van der Waals surface area contributed by atoms with Crippen LogP contribution in [0.25, 0.3) is 0 Å². The van der Waals surface area contributed by atoms with Crippen LogP contribution in [0.5, 0.6) is 0 Å². The summed E-state index contributed by atoms with van der Waals surface area (Å²) in [6.45, 7) is 12.3. The summed E-state index contributed by atoms with van der Waals surface area (Å²) in [5, 5.41) is 3.36. The van der Waals surface area contributed by atoms with Crippen LogP contribution in [0.15, 0.2) is 36.9 Å². The molecule has 0 saturated carbocycles. The predicted octanol–water partition coefficient (Wildman–Crippen LogP) is 3.52. The van der Waals surface area contributed by atoms with Crippen molar-refractivity contribution in [1.29, 1.82) is 0 Å². The minimum absolute atomic E-state index is 0.305. The Hall–Kier alpha value is -1.44. The molecule has 0 aliphatic rings. The van der Waals surface area contributed by atoms with Crippen molar-refractivity contribution in [2.24, 2.45) is 0 Å². The standard InChI is InChI=1S/C14H22N2/c1-5-12(4)15-13-8-10-14(11-9-13)16(6-2)7-3/h5,8-12,15H,1,6-7H2,2-4H3. The van der Waals surface area contributed by atoms with Crippen LogP contribution in [-0.2, 0) is 0 Å². The van der Waals surface area contributed by atoms with E-state index in [4.69, 9.17) is 0 Å². The molecule has 2 heteroatoms. The van der Waals surface area contributed by atoms with Gasteiger partial charge >= 0.3 is 0 Å². The molecular weight excluding hydrogens is 196 g/mol. The Morgan fingerprint density at radius 1 is 1.25 bits per heavy atom. The van der Waals surface area contributed by atoms with Crippen molar-refractivity contribution >= 4 is 11.4 Å². The van der Waals surface area contributed by atoms with E-state index in [1.807, 2.05) is 6.08 Å². The van der Waals surface area contributed by atoms with Crippen molar-refractivity contribution in [3.63, 3.8) is 0 Å². The molecule has 0 aliphatic heterocycles. The van der Waals surface area contributed by atoms with Gasteiger partial charge in [0.2, 0.25) is 0 Å². The molecule has 1 aromatic carbocycles. The summed E-state index contributed by atoms with van der Waals surface area (Å²) in [6, 6.07) is 8.86. The SMILES string of the molecule is C=CC(C)Nc1ccc(N(CC)CC)cc1. The molecule has 0 aromatic heterocycles. The number of rotatable bonds is 6. The lowest BCUT2D eigenvalue weighted by Crippen LogP contribution is -2.21. The average Bonchev–Trinajstić information content (AvgIpc) is 2.32. The van der Waals surface area contributed by atoms with Crippen LogP contribution in [0.1, 0.15) is 20.8 Å². The average molecular weight is 218 g/mol. The van der Waals surface area contributed by atoms with Crippen molar-refractivity contribution in [1.82, 2.24) is 0 Å². The Balaban J connectivity index is 2.70. The first-order valence-corrected chi connectivity index (χ1v) is 5.95. The second kappa shape index (κ2) is 6.21. The molecule has 1 unspecified atom stereocenters. The first-order chi connectivity index (χ1) is 7.71. The molecule has 88 valence electrons. The molecule has 0 heterocycles. The van der Waals surface area contributed by atoms with E-state index in [1.54, 1.807) is 0 Å². The van der Waals surface area contributed by atoms with Crippen molar-refractivity contribution in [3.05, 3.63) is 36.9 Å². The number of hydrogen-bond acceptors (Lipinski definition) is 2. The van der Waals surface area contributed by atoms with Gasteiger partial charge in [0.15, 0.2) is 0 Å². The van der Waals surface area contributed by atoms with Crippen LogP contribution in [0.3, 0.4) is 0 Å². The number of nitrogens with zero attached hydrogens (tertiary/aromatic N) is 1. The van der Waals surface area contributed by atoms with Gasteiger partial charge in [-0.05, 0) is 45.0 Å². The van der Waals surface area contributed by atoms with Gasteiger partial charge in [0, 0.05) is 30.5 Å². The maximum Gasteiger partial charge on any atom is 0.0413 e. The van der Waals surface area contributed by atoms with E-state index in [-0.39, 0.29) is 0 Å². The topological polar surface area (TPSA) is 15.3 Å². The van der Waals surface area contributed by atoms with E-state index in [0.717, 1.165) is 18.8 Å². The highest BCUT2D eigenvalue weighted by molar-refractivity contribution is 5.55. The van der Waals surface area contributed by atoms with Gasteiger partial charge in [-0.2, -0.15) is 0 Å². The number of nitrogens with one attached hydrogen (secondary N) is 1. The van der Waals surface area contributed by atoms with Crippen molar-refractivity contribution in [2.45, 2.75) is 26.8 Å². The van der Waals surface area contributed by atoms with Crippen LogP contribution < -0.4 is 10.2 Å². The van der Waals surface area contributed by atoms with Gasteiger partial charge in [-0.25, -0.2) is 0 Å². The quantitative estimate of drug-likeness (QED) is 0.735. The third-order valence-corrected chi connectivity index (χ3v) is 2.74. The zero-order valence-electron chi connectivity index (χ0n) is 10.5. The maximum atomic E-state index is 3.76. The minimum atomic E-state index is 0.305. The van der Waals surface area contributed by atoms with Crippen LogP contribution in [0, 0.1) is 0 Å². The Morgan fingerprint density at radius 2 is 1.81 bits per heavy atom. The van der Waals surface area contributed by atoms with Gasteiger partial charge in [0.25, 0.3) is 0 Å². The predicted molar refractivity (Wildman–Crippen MR) is 73.3 cm³/mol. The third kappa shape index (κ3) is 3.30. The fourth-order valence-corrected chi connectivity index (χ4v) is 1.68. The third-order valence-electron chi connectivity index (χ3n) is 2.74. The van der Waals surface area contributed by atoms with E-state index < -0.39 is 0 Å². The van der Waals surface area contributed by atoms with Crippen LogP contribution >= 0.6 is 0 Å². The summed E-state index contributed by atoms with van der Waals surface area (Å²) in [4.78, 5) is 2.33. The molecule has 16 heavy (non-hydrogen) atoms. The van der Waals surface area contributed by atoms with E-state index in [2.05, 4.69) is 61.8 Å². The van der Waals surface area contributed by atoms with E-state index in [1.165, 1.54) is 5.69 Å². The molecule has 1 N–H and O–H groups in total. The molecule has 0 amide bonds. The molecular formula is C14H22N2. The molecule has 1 rings (SSSR count). The Bertz CT molecular complexity index is 312. The van der Waals surface area contributed by atoms with Gasteiger partial charge in [0.05, 0.1) is 0 Å². The minimum Gasteiger partial charge on any atom is -0.379 e. The van der Waals surface area contributed by atoms with E-state index in [0.29, 0.717) is 6.04 Å². The second-order valence-electron chi connectivity index (χ2n) is 3.89. The molecule has 0 aliphatic carbocycles. The normalized spacial score (nSPS) is 11.9.